The zero-order valence-electron chi connectivity index (χ0n) is 21.0. The molecule has 0 unspecified atom stereocenters. The van der Waals surface area contributed by atoms with Crippen molar-refractivity contribution in [3.05, 3.63) is 23.3 Å². The van der Waals surface area contributed by atoms with E-state index in [2.05, 4.69) is 0 Å². The van der Waals surface area contributed by atoms with Crippen molar-refractivity contribution < 1.29 is 59.8 Å². The Morgan fingerprint density at radius 2 is 1.75 bits per heavy atom. The van der Waals surface area contributed by atoms with Gasteiger partial charge >= 0.3 is 0 Å². The summed E-state index contributed by atoms with van der Waals surface area (Å²) in [4.78, 5) is 0. The molecule has 0 aromatic rings. The molecule has 208 valence electrons. The summed E-state index contributed by atoms with van der Waals surface area (Å²) in [6.07, 6.45) is -8.76. The van der Waals surface area contributed by atoms with Gasteiger partial charge in [-0.1, -0.05) is 26.0 Å². The van der Waals surface area contributed by atoms with Gasteiger partial charge in [0.2, 0.25) is 0 Å². The first-order chi connectivity index (χ1) is 16.8. The molecule has 0 saturated carbocycles. The van der Waals surface area contributed by atoms with E-state index in [0.29, 0.717) is 12.0 Å². The Morgan fingerprint density at radius 3 is 2.33 bits per heavy atom. The summed E-state index contributed by atoms with van der Waals surface area (Å²) < 4.78 is 22.4. The molecular formula is C24H40O12. The van der Waals surface area contributed by atoms with Gasteiger partial charge in [0, 0.05) is 0 Å². The summed E-state index contributed by atoms with van der Waals surface area (Å²) in [5.74, 6) is 0. The number of hydrogen-bond acceptors (Lipinski definition) is 12. The molecule has 2 heterocycles. The van der Waals surface area contributed by atoms with E-state index in [9.17, 15) is 40.9 Å². The third-order valence-corrected chi connectivity index (χ3v) is 7.26. The minimum absolute atomic E-state index is 0.369. The SMILES string of the molecule is CC1=C(/C=C/[C@@H](C)O[C@@H]2O[C@H](CO)[C@@H](O)[C@H](O)[C@H]2O[C@@H]2OC[C@](O)(CO)[C@H]2O)C(C)(C)C[C@H](O)[C@@H]1O. The average molecular weight is 521 g/mol. The molecule has 11 atom stereocenters. The Hall–Kier alpha value is -1.00. The molecule has 2 fully saturated rings. The molecule has 12 nitrogen and oxygen atoms in total. The van der Waals surface area contributed by atoms with Crippen LogP contribution in [-0.4, -0.2) is 128 Å². The molecule has 0 amide bonds. The average Bonchev–Trinajstić information content (AvgIpc) is 3.10. The summed E-state index contributed by atoms with van der Waals surface area (Å²) >= 11 is 0. The molecule has 1 aliphatic carbocycles. The van der Waals surface area contributed by atoms with Crippen LogP contribution in [-0.2, 0) is 18.9 Å². The van der Waals surface area contributed by atoms with Gasteiger partial charge in [-0.15, -0.1) is 0 Å². The van der Waals surface area contributed by atoms with Gasteiger partial charge in [-0.05, 0) is 36.8 Å². The number of rotatable bonds is 8. The van der Waals surface area contributed by atoms with Crippen LogP contribution in [0.5, 0.6) is 0 Å². The highest BCUT2D eigenvalue weighted by molar-refractivity contribution is 5.36. The van der Waals surface area contributed by atoms with Crippen molar-refractivity contribution in [1.82, 2.24) is 0 Å². The van der Waals surface area contributed by atoms with Crippen molar-refractivity contribution in [3.63, 3.8) is 0 Å². The Labute approximate surface area is 210 Å². The number of hydrogen-bond donors (Lipinski definition) is 8. The highest BCUT2D eigenvalue weighted by Crippen LogP contribution is 2.41. The summed E-state index contributed by atoms with van der Waals surface area (Å²) in [6.45, 7) is 5.53. The van der Waals surface area contributed by atoms with Crippen LogP contribution in [0.4, 0.5) is 0 Å². The summed E-state index contributed by atoms with van der Waals surface area (Å²) in [5.41, 5.74) is -0.893. The van der Waals surface area contributed by atoms with E-state index in [1.807, 2.05) is 13.8 Å². The van der Waals surface area contributed by atoms with E-state index >= 15 is 0 Å². The molecule has 0 radical (unpaired) electrons. The van der Waals surface area contributed by atoms with Crippen LogP contribution in [0.3, 0.4) is 0 Å². The summed E-state index contributed by atoms with van der Waals surface area (Å²) in [5, 5.41) is 80.9. The Kier molecular flexibility index (Phi) is 9.36. The van der Waals surface area contributed by atoms with Crippen molar-refractivity contribution >= 4 is 0 Å². The maximum Gasteiger partial charge on any atom is 0.187 e. The molecule has 2 saturated heterocycles. The van der Waals surface area contributed by atoms with E-state index < -0.39 is 92.2 Å². The fourth-order valence-corrected chi connectivity index (χ4v) is 4.95. The van der Waals surface area contributed by atoms with Crippen molar-refractivity contribution in [1.29, 1.82) is 0 Å². The lowest BCUT2D eigenvalue weighted by Crippen LogP contribution is -2.61. The molecule has 2 aliphatic heterocycles. The third kappa shape index (κ3) is 5.85. The first-order valence-corrected chi connectivity index (χ1v) is 12.1. The zero-order valence-corrected chi connectivity index (χ0v) is 21.0. The standard InChI is InChI=1S/C24H40O12/c1-11(5-6-13-12(2)16(28)14(27)7-23(13,3)4)34-21-19(18(30)17(29)15(8-25)35-21)36-22-20(31)24(32,9-26)10-33-22/h5-6,11,14-22,25-32H,7-10H2,1-4H3/b6-5+/t11-,14+,15-,16-,17-,18+,19-,20+,21-,22+,24-/m1/s1. The number of allylic oxidation sites excluding steroid dienone is 2. The lowest BCUT2D eigenvalue weighted by Gasteiger charge is -2.43. The smallest absolute Gasteiger partial charge is 0.187 e. The number of aliphatic hydroxyl groups excluding tert-OH is 7. The second kappa shape index (κ2) is 11.4. The largest absolute Gasteiger partial charge is 0.394 e. The lowest BCUT2D eigenvalue weighted by molar-refractivity contribution is -0.339. The van der Waals surface area contributed by atoms with Crippen molar-refractivity contribution in [3.8, 4) is 0 Å². The second-order valence-corrected chi connectivity index (χ2v) is 10.6. The van der Waals surface area contributed by atoms with E-state index in [1.54, 1.807) is 26.0 Å². The second-order valence-electron chi connectivity index (χ2n) is 10.6. The predicted molar refractivity (Wildman–Crippen MR) is 123 cm³/mol. The quantitative estimate of drug-likeness (QED) is 0.170. The first kappa shape index (κ1) is 29.6. The van der Waals surface area contributed by atoms with E-state index in [-0.39, 0.29) is 0 Å². The van der Waals surface area contributed by atoms with Gasteiger partial charge in [0.15, 0.2) is 12.6 Å². The number of ether oxygens (including phenoxy) is 4. The number of aliphatic hydroxyl groups is 8. The van der Waals surface area contributed by atoms with E-state index in [1.165, 1.54) is 0 Å². The van der Waals surface area contributed by atoms with E-state index in [0.717, 1.165) is 5.57 Å². The Bertz CT molecular complexity index is 815. The minimum Gasteiger partial charge on any atom is -0.394 e. The van der Waals surface area contributed by atoms with Crippen LogP contribution < -0.4 is 0 Å². The van der Waals surface area contributed by atoms with Crippen LogP contribution in [0.15, 0.2) is 23.3 Å². The molecule has 8 N–H and O–H groups in total. The van der Waals surface area contributed by atoms with Gasteiger partial charge in [0.1, 0.15) is 42.2 Å². The maximum atomic E-state index is 10.7. The topological polar surface area (TPSA) is 199 Å². The van der Waals surface area contributed by atoms with Gasteiger partial charge in [-0.25, -0.2) is 0 Å². The van der Waals surface area contributed by atoms with Crippen molar-refractivity contribution in [2.45, 2.75) is 101 Å². The normalized spacial score (nSPS) is 44.4. The van der Waals surface area contributed by atoms with Crippen LogP contribution in [0, 0.1) is 5.41 Å². The van der Waals surface area contributed by atoms with Crippen LogP contribution >= 0.6 is 0 Å². The van der Waals surface area contributed by atoms with Gasteiger partial charge in [0.05, 0.1) is 32.0 Å². The van der Waals surface area contributed by atoms with Gasteiger partial charge in [0.25, 0.3) is 0 Å². The third-order valence-electron chi connectivity index (χ3n) is 7.26. The molecule has 36 heavy (non-hydrogen) atoms. The van der Waals surface area contributed by atoms with Crippen LogP contribution in [0.1, 0.15) is 34.1 Å². The fourth-order valence-electron chi connectivity index (χ4n) is 4.95. The minimum atomic E-state index is -1.96. The Balaban J connectivity index is 1.77. The van der Waals surface area contributed by atoms with Gasteiger partial charge in [-0.2, -0.15) is 0 Å². The molecule has 3 rings (SSSR count). The van der Waals surface area contributed by atoms with Gasteiger partial charge in [-0.3, -0.25) is 0 Å². The lowest BCUT2D eigenvalue weighted by atomic mass is 9.70. The Morgan fingerprint density at radius 1 is 1.08 bits per heavy atom. The van der Waals surface area contributed by atoms with Crippen LogP contribution in [0.25, 0.3) is 0 Å². The summed E-state index contributed by atoms with van der Waals surface area (Å²) in [7, 11) is 0. The van der Waals surface area contributed by atoms with Crippen LogP contribution in [0.2, 0.25) is 0 Å². The molecule has 0 spiro atoms. The molecule has 0 aromatic carbocycles. The first-order valence-electron chi connectivity index (χ1n) is 12.1. The zero-order chi connectivity index (χ0) is 27.0. The molecule has 0 aromatic heterocycles. The molecule has 3 aliphatic rings. The predicted octanol–water partition coefficient (Wildman–Crippen LogP) is -2.32. The van der Waals surface area contributed by atoms with Crippen molar-refractivity contribution in [2.75, 3.05) is 19.8 Å². The molecular weight excluding hydrogens is 480 g/mol. The highest BCUT2D eigenvalue weighted by Gasteiger charge is 2.53. The molecule has 12 heteroatoms. The highest BCUT2D eigenvalue weighted by atomic mass is 16.8. The molecule has 0 bridgehead atoms. The maximum absolute atomic E-state index is 10.7. The summed E-state index contributed by atoms with van der Waals surface area (Å²) in [6, 6.07) is 0. The van der Waals surface area contributed by atoms with Crippen molar-refractivity contribution in [2.24, 2.45) is 5.41 Å². The van der Waals surface area contributed by atoms with Gasteiger partial charge < -0.3 is 59.8 Å². The fraction of sp³-hybridized carbons (Fsp3) is 0.833. The monoisotopic (exact) mass is 520 g/mol. The van der Waals surface area contributed by atoms with E-state index in [4.69, 9.17) is 18.9 Å².